The SMILES string of the molecule is O=C1CC2(CCN(C(=O)Cc3ccccc3C(F)(F)F)CC2)c2c(Cl)cccc21. The van der Waals surface area contributed by atoms with Crippen molar-refractivity contribution in [2.24, 2.45) is 0 Å². The van der Waals surface area contributed by atoms with Crippen molar-refractivity contribution in [1.29, 1.82) is 0 Å². The molecule has 0 unspecified atom stereocenters. The van der Waals surface area contributed by atoms with E-state index in [0.29, 0.717) is 42.9 Å². The van der Waals surface area contributed by atoms with Gasteiger partial charge in [0.05, 0.1) is 12.0 Å². The fourth-order valence-electron chi connectivity index (χ4n) is 4.62. The first-order chi connectivity index (χ1) is 13.7. The van der Waals surface area contributed by atoms with E-state index in [-0.39, 0.29) is 29.1 Å². The molecular weight excluding hydrogens is 403 g/mol. The van der Waals surface area contributed by atoms with Crippen molar-refractivity contribution < 1.29 is 22.8 Å². The number of hydrogen-bond acceptors (Lipinski definition) is 2. The van der Waals surface area contributed by atoms with Gasteiger partial charge >= 0.3 is 6.18 Å². The molecule has 152 valence electrons. The van der Waals surface area contributed by atoms with Crippen LogP contribution in [0.5, 0.6) is 0 Å². The number of alkyl halides is 3. The zero-order valence-corrected chi connectivity index (χ0v) is 16.3. The van der Waals surface area contributed by atoms with Gasteiger partial charge in [0.2, 0.25) is 5.91 Å². The van der Waals surface area contributed by atoms with Crippen LogP contribution < -0.4 is 0 Å². The summed E-state index contributed by atoms with van der Waals surface area (Å²) in [5.74, 6) is -0.276. The number of likely N-dealkylation sites (tertiary alicyclic amines) is 1. The van der Waals surface area contributed by atoms with Gasteiger partial charge in [0, 0.05) is 35.5 Å². The maximum absolute atomic E-state index is 13.2. The second kappa shape index (κ2) is 7.17. The van der Waals surface area contributed by atoms with Crippen LogP contribution in [0.3, 0.4) is 0 Å². The Bertz CT molecular complexity index is 978. The lowest BCUT2D eigenvalue weighted by Gasteiger charge is -2.40. The average Bonchev–Trinajstić information content (AvgIpc) is 2.94. The molecule has 4 rings (SSSR count). The van der Waals surface area contributed by atoms with E-state index in [1.165, 1.54) is 18.2 Å². The van der Waals surface area contributed by atoms with Crippen LogP contribution in [-0.2, 0) is 22.8 Å². The number of halogens is 4. The Morgan fingerprint density at radius 1 is 1.07 bits per heavy atom. The van der Waals surface area contributed by atoms with Crippen molar-refractivity contribution in [1.82, 2.24) is 4.90 Å². The highest BCUT2D eigenvalue weighted by atomic mass is 35.5. The lowest BCUT2D eigenvalue weighted by Crippen LogP contribution is -2.45. The quantitative estimate of drug-likeness (QED) is 0.680. The number of fused-ring (bicyclic) bond motifs is 2. The van der Waals surface area contributed by atoms with Gasteiger partial charge in [-0.1, -0.05) is 41.9 Å². The van der Waals surface area contributed by atoms with Gasteiger partial charge in [-0.2, -0.15) is 13.2 Å². The molecule has 1 heterocycles. The third-order valence-electron chi connectivity index (χ3n) is 6.08. The first kappa shape index (κ1) is 20.0. The van der Waals surface area contributed by atoms with E-state index in [4.69, 9.17) is 11.6 Å². The number of carbonyl (C=O) groups is 2. The predicted octanol–water partition coefficient (Wildman–Crippen LogP) is 5.05. The van der Waals surface area contributed by atoms with Crippen molar-refractivity contribution in [3.8, 4) is 0 Å². The smallest absolute Gasteiger partial charge is 0.342 e. The van der Waals surface area contributed by atoms with E-state index in [1.807, 2.05) is 0 Å². The molecule has 1 aliphatic carbocycles. The maximum atomic E-state index is 13.2. The zero-order chi connectivity index (χ0) is 20.8. The van der Waals surface area contributed by atoms with Crippen LogP contribution in [0.1, 0.15) is 46.3 Å². The zero-order valence-electron chi connectivity index (χ0n) is 15.6. The van der Waals surface area contributed by atoms with E-state index < -0.39 is 11.7 Å². The predicted molar refractivity (Wildman–Crippen MR) is 103 cm³/mol. The molecule has 0 atom stereocenters. The largest absolute Gasteiger partial charge is 0.416 e. The molecule has 0 N–H and O–H groups in total. The van der Waals surface area contributed by atoms with Crippen molar-refractivity contribution in [3.05, 3.63) is 69.7 Å². The summed E-state index contributed by atoms with van der Waals surface area (Å²) < 4.78 is 39.6. The third kappa shape index (κ3) is 3.54. The van der Waals surface area contributed by atoms with Gasteiger partial charge in [-0.3, -0.25) is 9.59 Å². The molecule has 0 aromatic heterocycles. The number of Topliss-reactive ketones (excluding diaryl/α,β-unsaturated/α-hetero) is 1. The van der Waals surface area contributed by atoms with Crippen LogP contribution in [0.15, 0.2) is 42.5 Å². The van der Waals surface area contributed by atoms with E-state index in [9.17, 15) is 22.8 Å². The van der Waals surface area contributed by atoms with Gasteiger partial charge in [-0.25, -0.2) is 0 Å². The highest BCUT2D eigenvalue weighted by molar-refractivity contribution is 6.32. The lowest BCUT2D eigenvalue weighted by molar-refractivity contribution is -0.138. The molecule has 1 spiro atoms. The molecule has 1 fully saturated rings. The average molecular weight is 422 g/mol. The minimum atomic E-state index is -4.49. The number of ketones is 1. The number of piperidine rings is 1. The molecule has 2 aromatic carbocycles. The Morgan fingerprint density at radius 2 is 1.76 bits per heavy atom. The highest BCUT2D eigenvalue weighted by Crippen LogP contribution is 2.49. The summed E-state index contributed by atoms with van der Waals surface area (Å²) in [5, 5.41) is 0.562. The van der Waals surface area contributed by atoms with Gasteiger partial charge in [-0.05, 0) is 36.1 Å². The molecule has 1 amide bonds. The maximum Gasteiger partial charge on any atom is 0.416 e. The molecule has 2 aromatic rings. The van der Waals surface area contributed by atoms with Gasteiger partial charge in [0.25, 0.3) is 0 Å². The second-order valence-electron chi connectivity index (χ2n) is 7.76. The minimum absolute atomic E-state index is 0.0188. The van der Waals surface area contributed by atoms with Crippen LogP contribution in [0, 0.1) is 0 Å². The van der Waals surface area contributed by atoms with Crippen molar-refractivity contribution in [2.45, 2.75) is 37.3 Å². The molecular formula is C22H19ClF3NO2. The van der Waals surface area contributed by atoms with Gasteiger partial charge in [-0.15, -0.1) is 0 Å². The fourth-order valence-corrected chi connectivity index (χ4v) is 5.00. The van der Waals surface area contributed by atoms with Crippen molar-refractivity contribution in [2.75, 3.05) is 13.1 Å². The Labute approximate surface area is 171 Å². The fraction of sp³-hybridized carbons (Fsp3) is 0.364. The second-order valence-corrected chi connectivity index (χ2v) is 8.16. The summed E-state index contributed by atoms with van der Waals surface area (Å²) in [5.41, 5.74) is 0.335. The molecule has 2 aliphatic rings. The molecule has 1 aliphatic heterocycles. The summed E-state index contributed by atoms with van der Waals surface area (Å²) in [4.78, 5) is 26.7. The molecule has 1 saturated heterocycles. The van der Waals surface area contributed by atoms with Gasteiger partial charge in [0.1, 0.15) is 0 Å². The molecule has 7 heteroatoms. The molecule has 29 heavy (non-hydrogen) atoms. The first-order valence-corrected chi connectivity index (χ1v) is 9.84. The standard InChI is InChI=1S/C22H19ClF3NO2/c23-17-7-3-5-15-18(28)13-21(20(15)17)8-10-27(11-9-21)19(29)12-14-4-1-2-6-16(14)22(24,25)26/h1-7H,8-13H2. The lowest BCUT2D eigenvalue weighted by atomic mass is 9.73. The first-order valence-electron chi connectivity index (χ1n) is 9.46. The van der Waals surface area contributed by atoms with Crippen molar-refractivity contribution in [3.63, 3.8) is 0 Å². The van der Waals surface area contributed by atoms with Gasteiger partial charge in [0.15, 0.2) is 5.78 Å². The monoisotopic (exact) mass is 421 g/mol. The number of nitrogens with zero attached hydrogens (tertiary/aromatic N) is 1. The molecule has 0 saturated carbocycles. The summed E-state index contributed by atoms with van der Waals surface area (Å²) >= 11 is 6.38. The van der Waals surface area contributed by atoms with E-state index in [1.54, 1.807) is 23.1 Å². The summed E-state index contributed by atoms with van der Waals surface area (Å²) in [6, 6.07) is 10.5. The minimum Gasteiger partial charge on any atom is -0.342 e. The van der Waals surface area contributed by atoms with Crippen LogP contribution in [0.4, 0.5) is 13.2 Å². The van der Waals surface area contributed by atoms with Crippen LogP contribution in [0.25, 0.3) is 0 Å². The number of benzene rings is 2. The van der Waals surface area contributed by atoms with E-state index in [0.717, 1.165) is 11.6 Å². The number of amides is 1. The number of carbonyl (C=O) groups excluding carboxylic acids is 2. The Hall–Kier alpha value is -2.34. The molecule has 0 radical (unpaired) electrons. The van der Waals surface area contributed by atoms with E-state index >= 15 is 0 Å². The Morgan fingerprint density at radius 3 is 2.45 bits per heavy atom. The Balaban J connectivity index is 1.50. The summed E-state index contributed by atoms with van der Waals surface area (Å²) in [6.07, 6.45) is -3.28. The summed E-state index contributed by atoms with van der Waals surface area (Å²) in [7, 11) is 0. The van der Waals surface area contributed by atoms with Crippen molar-refractivity contribution >= 4 is 23.3 Å². The van der Waals surface area contributed by atoms with Crippen LogP contribution >= 0.6 is 11.6 Å². The van der Waals surface area contributed by atoms with Crippen LogP contribution in [0.2, 0.25) is 5.02 Å². The topological polar surface area (TPSA) is 37.4 Å². The number of hydrogen-bond donors (Lipinski definition) is 0. The van der Waals surface area contributed by atoms with E-state index in [2.05, 4.69) is 0 Å². The highest BCUT2D eigenvalue weighted by Gasteiger charge is 2.47. The normalized spacial score (nSPS) is 18.2. The third-order valence-corrected chi connectivity index (χ3v) is 6.40. The molecule has 0 bridgehead atoms. The Kier molecular flexibility index (Phi) is 4.93. The number of rotatable bonds is 2. The van der Waals surface area contributed by atoms with Crippen LogP contribution in [-0.4, -0.2) is 29.7 Å². The molecule has 3 nitrogen and oxygen atoms in total. The summed E-state index contributed by atoms with van der Waals surface area (Å²) in [6.45, 7) is 0.788. The van der Waals surface area contributed by atoms with Gasteiger partial charge < -0.3 is 4.90 Å².